The largest absolute Gasteiger partial charge is 0.359 e. The molecule has 1 heterocycles. The zero-order valence-corrected chi connectivity index (χ0v) is 9.49. The Kier molecular flexibility index (Phi) is 2.84. The summed E-state index contributed by atoms with van der Waals surface area (Å²) in [5.74, 6) is 0.0648. The Morgan fingerprint density at radius 1 is 1.19 bits per heavy atom. The fraction of sp³-hybridized carbons (Fsp3) is 0. The van der Waals surface area contributed by atoms with Gasteiger partial charge in [0.25, 0.3) is 0 Å². The molecule has 0 saturated carbocycles. The molecular formula is C9H7ClN2O3S. The van der Waals surface area contributed by atoms with E-state index < -0.39 is 10.1 Å². The molecule has 0 amide bonds. The van der Waals surface area contributed by atoms with Gasteiger partial charge in [0, 0.05) is 11.1 Å². The Labute approximate surface area is 97.1 Å². The topological polar surface area (TPSA) is 72.1 Å². The number of aromatic amines is 1. The third kappa shape index (κ3) is 2.34. The Morgan fingerprint density at radius 3 is 2.44 bits per heavy atom. The molecule has 0 saturated heterocycles. The molecule has 84 valence electrons. The van der Waals surface area contributed by atoms with Crippen LogP contribution in [0.2, 0.25) is 5.02 Å². The molecule has 16 heavy (non-hydrogen) atoms. The molecule has 0 aliphatic rings. The Balaban J connectivity index is 2.29. The zero-order chi connectivity index (χ0) is 11.6. The van der Waals surface area contributed by atoms with Gasteiger partial charge in [0.15, 0.2) is 0 Å². The molecule has 2 rings (SSSR count). The van der Waals surface area contributed by atoms with Gasteiger partial charge in [-0.2, -0.15) is 13.5 Å². The van der Waals surface area contributed by atoms with E-state index in [1.165, 1.54) is 36.5 Å². The minimum atomic E-state index is -3.83. The van der Waals surface area contributed by atoms with Crippen LogP contribution in [0.5, 0.6) is 5.88 Å². The first kappa shape index (κ1) is 11.0. The first-order valence-electron chi connectivity index (χ1n) is 4.27. The van der Waals surface area contributed by atoms with Gasteiger partial charge in [0.2, 0.25) is 5.88 Å². The van der Waals surface area contributed by atoms with E-state index in [1.807, 2.05) is 0 Å². The number of halogens is 1. The van der Waals surface area contributed by atoms with Crippen molar-refractivity contribution in [2.45, 2.75) is 4.90 Å². The van der Waals surface area contributed by atoms with E-state index in [0.29, 0.717) is 5.02 Å². The second-order valence-electron chi connectivity index (χ2n) is 2.91. The maximum Gasteiger partial charge on any atom is 0.340 e. The van der Waals surface area contributed by atoms with Crippen molar-refractivity contribution in [3.63, 3.8) is 0 Å². The number of nitrogens with zero attached hydrogens (tertiary/aromatic N) is 1. The van der Waals surface area contributed by atoms with E-state index in [-0.39, 0.29) is 10.8 Å². The van der Waals surface area contributed by atoms with Crippen molar-refractivity contribution in [2.24, 2.45) is 0 Å². The third-order valence-electron chi connectivity index (χ3n) is 1.78. The number of nitrogens with one attached hydrogen (secondary N) is 1. The molecule has 1 N–H and O–H groups in total. The van der Waals surface area contributed by atoms with Gasteiger partial charge in [0.05, 0.1) is 6.20 Å². The fourth-order valence-corrected chi connectivity index (χ4v) is 2.08. The predicted octanol–water partition coefficient (Wildman–Crippen LogP) is 1.83. The van der Waals surface area contributed by atoms with Crippen LogP contribution in [-0.4, -0.2) is 18.6 Å². The number of aromatic nitrogens is 2. The molecule has 0 bridgehead atoms. The summed E-state index contributed by atoms with van der Waals surface area (Å²) in [6.07, 6.45) is 1.40. The van der Waals surface area contributed by atoms with Crippen molar-refractivity contribution in [1.29, 1.82) is 0 Å². The lowest BCUT2D eigenvalue weighted by Gasteiger charge is -2.04. The van der Waals surface area contributed by atoms with E-state index in [9.17, 15) is 8.42 Å². The smallest absolute Gasteiger partial charge is 0.340 e. The van der Waals surface area contributed by atoms with Gasteiger partial charge < -0.3 is 4.18 Å². The van der Waals surface area contributed by atoms with Crippen molar-refractivity contribution < 1.29 is 12.6 Å². The lowest BCUT2D eigenvalue weighted by Crippen LogP contribution is -2.09. The second kappa shape index (κ2) is 4.15. The highest BCUT2D eigenvalue weighted by Crippen LogP contribution is 2.17. The number of hydrogen-bond acceptors (Lipinski definition) is 4. The summed E-state index contributed by atoms with van der Waals surface area (Å²) in [6.45, 7) is 0. The first-order valence-corrected chi connectivity index (χ1v) is 6.06. The molecule has 0 aliphatic carbocycles. The summed E-state index contributed by atoms with van der Waals surface area (Å²) in [4.78, 5) is 0.0338. The SMILES string of the molecule is O=S(=O)(Oc1ccn[nH]1)c1ccc(Cl)cc1. The van der Waals surface area contributed by atoms with Crippen LogP contribution >= 0.6 is 11.6 Å². The van der Waals surface area contributed by atoms with Crippen LogP contribution in [0.15, 0.2) is 41.4 Å². The van der Waals surface area contributed by atoms with Crippen molar-refractivity contribution in [2.75, 3.05) is 0 Å². The molecule has 1 aromatic heterocycles. The molecule has 0 fully saturated rings. The Hall–Kier alpha value is -1.53. The van der Waals surface area contributed by atoms with Crippen LogP contribution in [0.25, 0.3) is 0 Å². The van der Waals surface area contributed by atoms with Crippen LogP contribution in [0.1, 0.15) is 0 Å². The van der Waals surface area contributed by atoms with E-state index >= 15 is 0 Å². The van der Waals surface area contributed by atoms with Gasteiger partial charge >= 0.3 is 10.1 Å². The van der Waals surface area contributed by atoms with Crippen LogP contribution in [0.3, 0.4) is 0 Å². The van der Waals surface area contributed by atoms with Crippen molar-refractivity contribution in [1.82, 2.24) is 10.2 Å². The molecule has 5 nitrogen and oxygen atoms in total. The van der Waals surface area contributed by atoms with E-state index in [4.69, 9.17) is 15.8 Å². The predicted molar refractivity (Wildman–Crippen MR) is 57.9 cm³/mol. The average molecular weight is 259 g/mol. The van der Waals surface area contributed by atoms with Gasteiger partial charge in [-0.15, -0.1) is 0 Å². The van der Waals surface area contributed by atoms with E-state index in [1.54, 1.807) is 0 Å². The van der Waals surface area contributed by atoms with Crippen molar-refractivity contribution in [3.05, 3.63) is 41.6 Å². The zero-order valence-electron chi connectivity index (χ0n) is 7.92. The molecule has 0 aliphatic heterocycles. The number of benzene rings is 1. The highest BCUT2D eigenvalue weighted by atomic mass is 35.5. The minimum Gasteiger partial charge on any atom is -0.359 e. The van der Waals surface area contributed by atoms with E-state index in [2.05, 4.69) is 10.2 Å². The van der Waals surface area contributed by atoms with Crippen LogP contribution in [0, 0.1) is 0 Å². The second-order valence-corrected chi connectivity index (χ2v) is 4.90. The van der Waals surface area contributed by atoms with Crippen LogP contribution < -0.4 is 4.18 Å². The molecule has 7 heteroatoms. The number of rotatable bonds is 3. The highest BCUT2D eigenvalue weighted by molar-refractivity contribution is 7.87. The van der Waals surface area contributed by atoms with Crippen LogP contribution in [-0.2, 0) is 10.1 Å². The molecule has 0 spiro atoms. The summed E-state index contributed by atoms with van der Waals surface area (Å²) in [5.41, 5.74) is 0. The van der Waals surface area contributed by atoms with Crippen molar-refractivity contribution in [3.8, 4) is 5.88 Å². The summed E-state index contributed by atoms with van der Waals surface area (Å²) < 4.78 is 28.2. The molecular weight excluding hydrogens is 252 g/mol. The Bertz CT molecular complexity index is 563. The van der Waals surface area contributed by atoms with Gasteiger partial charge in [-0.3, -0.25) is 0 Å². The van der Waals surface area contributed by atoms with Crippen molar-refractivity contribution >= 4 is 21.7 Å². The normalized spacial score (nSPS) is 11.3. The lowest BCUT2D eigenvalue weighted by atomic mass is 10.4. The number of hydrogen-bond donors (Lipinski definition) is 1. The molecule has 1 aromatic carbocycles. The minimum absolute atomic E-state index is 0.0338. The molecule has 0 atom stereocenters. The highest BCUT2D eigenvalue weighted by Gasteiger charge is 2.16. The third-order valence-corrected chi connectivity index (χ3v) is 3.28. The molecule has 2 aromatic rings. The van der Waals surface area contributed by atoms with Gasteiger partial charge in [-0.05, 0) is 24.3 Å². The number of H-pyrrole nitrogens is 1. The van der Waals surface area contributed by atoms with Gasteiger partial charge in [0.1, 0.15) is 4.90 Å². The first-order chi connectivity index (χ1) is 7.58. The summed E-state index contributed by atoms with van der Waals surface area (Å²) in [5, 5.41) is 6.43. The fourth-order valence-electron chi connectivity index (χ4n) is 1.06. The van der Waals surface area contributed by atoms with E-state index in [0.717, 1.165) is 0 Å². The average Bonchev–Trinajstić information content (AvgIpc) is 2.70. The molecule has 0 radical (unpaired) electrons. The monoisotopic (exact) mass is 258 g/mol. The maximum atomic E-state index is 11.7. The summed E-state index contributed by atoms with van der Waals surface area (Å²) in [7, 11) is -3.83. The lowest BCUT2D eigenvalue weighted by molar-refractivity contribution is 0.475. The maximum absolute atomic E-state index is 11.7. The van der Waals surface area contributed by atoms with Gasteiger partial charge in [-0.25, -0.2) is 5.10 Å². The van der Waals surface area contributed by atoms with Crippen LogP contribution in [0.4, 0.5) is 0 Å². The van der Waals surface area contributed by atoms with Gasteiger partial charge in [-0.1, -0.05) is 11.6 Å². The standard InChI is InChI=1S/C9H7ClN2O3S/c10-7-1-3-8(4-2-7)16(13,14)15-9-5-6-11-12-9/h1-6H,(H,11,12). The summed E-state index contributed by atoms with van der Waals surface area (Å²) in [6, 6.07) is 7.10. The quantitative estimate of drug-likeness (QED) is 0.853. The summed E-state index contributed by atoms with van der Waals surface area (Å²) >= 11 is 5.65. The molecule has 0 unspecified atom stereocenters. The Morgan fingerprint density at radius 2 is 1.88 bits per heavy atom.